The first-order valence-corrected chi connectivity index (χ1v) is 14.6. The van der Waals surface area contributed by atoms with E-state index in [4.69, 9.17) is 11.6 Å². The summed E-state index contributed by atoms with van der Waals surface area (Å²) < 4.78 is 26.7. The fourth-order valence-electron chi connectivity index (χ4n) is 4.16. The second-order valence-corrected chi connectivity index (χ2v) is 12.0. The zero-order chi connectivity index (χ0) is 27.9. The Morgan fingerprint density at radius 3 is 2.18 bits per heavy atom. The molecule has 0 aliphatic carbocycles. The number of aryl methyl sites for hydroxylation is 1. The molecule has 2 amide bonds. The van der Waals surface area contributed by atoms with Crippen molar-refractivity contribution in [1.29, 1.82) is 0 Å². The van der Waals surface area contributed by atoms with Gasteiger partial charge in [-0.2, -0.15) is 0 Å². The van der Waals surface area contributed by atoms with Crippen LogP contribution in [0.1, 0.15) is 30.5 Å². The molecule has 0 heterocycles. The fraction of sp³-hybridized carbons (Fsp3) is 0.310. The van der Waals surface area contributed by atoms with Gasteiger partial charge in [-0.25, -0.2) is 8.42 Å². The van der Waals surface area contributed by atoms with Crippen LogP contribution in [0.2, 0.25) is 5.02 Å². The Bertz CT molecular complexity index is 1360. The van der Waals surface area contributed by atoms with Crippen molar-refractivity contribution in [3.05, 3.63) is 101 Å². The topological polar surface area (TPSA) is 86.8 Å². The Morgan fingerprint density at radius 2 is 1.58 bits per heavy atom. The van der Waals surface area contributed by atoms with E-state index in [1.165, 1.54) is 4.90 Å². The summed E-state index contributed by atoms with van der Waals surface area (Å²) in [5.41, 5.74) is 2.84. The Morgan fingerprint density at radius 1 is 0.921 bits per heavy atom. The molecule has 0 spiro atoms. The van der Waals surface area contributed by atoms with Crippen LogP contribution < -0.4 is 9.62 Å². The molecule has 1 N–H and O–H groups in total. The van der Waals surface area contributed by atoms with Crippen molar-refractivity contribution < 1.29 is 18.0 Å². The van der Waals surface area contributed by atoms with Gasteiger partial charge in [0.2, 0.25) is 21.8 Å². The van der Waals surface area contributed by atoms with Crippen LogP contribution in [-0.4, -0.2) is 50.0 Å². The minimum absolute atomic E-state index is 0.0772. The monoisotopic (exact) mass is 555 g/mol. The van der Waals surface area contributed by atoms with Crippen LogP contribution in [0.3, 0.4) is 0 Å². The SMILES string of the molecule is Cc1cccc(N(CC(=O)N(Cc2cccc(Cl)c2)[C@H](Cc2ccccc2)C(=O)NC(C)C)S(C)(=O)=O)c1. The highest BCUT2D eigenvalue weighted by molar-refractivity contribution is 7.92. The van der Waals surface area contributed by atoms with Crippen LogP contribution in [0.15, 0.2) is 78.9 Å². The van der Waals surface area contributed by atoms with Gasteiger partial charge in [0, 0.05) is 24.0 Å². The maximum Gasteiger partial charge on any atom is 0.244 e. The molecule has 38 heavy (non-hydrogen) atoms. The number of amides is 2. The minimum atomic E-state index is -3.80. The summed E-state index contributed by atoms with van der Waals surface area (Å²) in [6, 6.07) is 22.4. The number of rotatable bonds is 11. The predicted molar refractivity (Wildman–Crippen MR) is 153 cm³/mol. The number of anilines is 1. The van der Waals surface area contributed by atoms with E-state index < -0.39 is 28.5 Å². The minimum Gasteiger partial charge on any atom is -0.352 e. The van der Waals surface area contributed by atoms with E-state index >= 15 is 0 Å². The van der Waals surface area contributed by atoms with Crippen LogP contribution in [0.25, 0.3) is 0 Å². The molecule has 0 aliphatic heterocycles. The van der Waals surface area contributed by atoms with E-state index in [-0.39, 0.29) is 24.9 Å². The smallest absolute Gasteiger partial charge is 0.244 e. The largest absolute Gasteiger partial charge is 0.352 e. The van der Waals surface area contributed by atoms with Gasteiger partial charge >= 0.3 is 0 Å². The first kappa shape index (κ1) is 29.2. The summed E-state index contributed by atoms with van der Waals surface area (Å²) in [5.74, 6) is -0.822. The lowest BCUT2D eigenvalue weighted by molar-refractivity contribution is -0.140. The molecule has 0 fully saturated rings. The highest BCUT2D eigenvalue weighted by Crippen LogP contribution is 2.22. The van der Waals surface area contributed by atoms with Crippen molar-refractivity contribution in [3.8, 4) is 0 Å². The van der Waals surface area contributed by atoms with Gasteiger partial charge in [-0.3, -0.25) is 13.9 Å². The molecule has 3 aromatic rings. The molecule has 3 aromatic carbocycles. The first-order valence-electron chi connectivity index (χ1n) is 12.4. The molecule has 9 heteroatoms. The molecule has 3 rings (SSSR count). The van der Waals surface area contributed by atoms with Gasteiger partial charge < -0.3 is 10.2 Å². The van der Waals surface area contributed by atoms with E-state index in [2.05, 4.69) is 5.32 Å². The molecule has 0 saturated carbocycles. The molecule has 0 bridgehead atoms. The van der Waals surface area contributed by atoms with Gasteiger partial charge in [0.05, 0.1) is 11.9 Å². The fourth-order valence-corrected chi connectivity index (χ4v) is 5.22. The standard InChI is InChI=1S/C29H34ClN3O4S/c1-21(2)31-29(35)27(18-23-11-6-5-7-12-23)32(19-24-13-9-14-25(30)17-24)28(34)20-33(38(4,36)37)26-15-8-10-22(3)16-26/h5-17,21,27H,18-20H2,1-4H3,(H,31,35)/t27-/m1/s1. The third kappa shape index (κ3) is 8.33. The van der Waals surface area contributed by atoms with Crippen molar-refractivity contribution in [1.82, 2.24) is 10.2 Å². The zero-order valence-electron chi connectivity index (χ0n) is 22.1. The Labute approximate surface area is 230 Å². The van der Waals surface area contributed by atoms with Crippen LogP contribution in [-0.2, 0) is 32.6 Å². The summed E-state index contributed by atoms with van der Waals surface area (Å²) in [7, 11) is -3.80. The lowest BCUT2D eigenvalue weighted by Gasteiger charge is -2.34. The summed E-state index contributed by atoms with van der Waals surface area (Å²) >= 11 is 6.22. The van der Waals surface area contributed by atoms with Crippen molar-refractivity contribution in [3.63, 3.8) is 0 Å². The number of nitrogens with one attached hydrogen (secondary N) is 1. The van der Waals surface area contributed by atoms with Crippen LogP contribution in [0.4, 0.5) is 5.69 Å². The molecule has 0 radical (unpaired) electrons. The van der Waals surface area contributed by atoms with E-state index in [0.717, 1.165) is 27.3 Å². The average Bonchev–Trinajstić information content (AvgIpc) is 2.84. The highest BCUT2D eigenvalue weighted by atomic mass is 35.5. The van der Waals surface area contributed by atoms with Crippen molar-refractivity contribution >= 4 is 39.1 Å². The van der Waals surface area contributed by atoms with Gasteiger partial charge in [-0.1, -0.05) is 66.2 Å². The molecule has 202 valence electrons. The highest BCUT2D eigenvalue weighted by Gasteiger charge is 2.33. The summed E-state index contributed by atoms with van der Waals surface area (Å²) in [6.45, 7) is 5.17. The van der Waals surface area contributed by atoms with Gasteiger partial charge in [0.15, 0.2) is 0 Å². The lowest BCUT2D eigenvalue weighted by Crippen LogP contribution is -2.54. The van der Waals surface area contributed by atoms with E-state index in [9.17, 15) is 18.0 Å². The number of hydrogen-bond donors (Lipinski definition) is 1. The summed E-state index contributed by atoms with van der Waals surface area (Å²) in [6.07, 6.45) is 1.33. The van der Waals surface area contributed by atoms with E-state index in [0.29, 0.717) is 10.7 Å². The number of halogens is 1. The van der Waals surface area contributed by atoms with E-state index in [1.54, 1.807) is 36.4 Å². The first-order chi connectivity index (χ1) is 17.9. The molecule has 0 aromatic heterocycles. The maximum atomic E-state index is 14.0. The Hall–Kier alpha value is -3.36. The summed E-state index contributed by atoms with van der Waals surface area (Å²) in [4.78, 5) is 28.9. The van der Waals surface area contributed by atoms with Crippen molar-refractivity contribution in [2.45, 2.75) is 45.8 Å². The third-order valence-corrected chi connectivity index (χ3v) is 7.29. The van der Waals surface area contributed by atoms with Gasteiger partial charge in [-0.15, -0.1) is 0 Å². The normalized spacial score (nSPS) is 12.2. The predicted octanol–water partition coefficient (Wildman–Crippen LogP) is 4.58. The quantitative estimate of drug-likeness (QED) is 0.375. The lowest BCUT2D eigenvalue weighted by atomic mass is 10.0. The van der Waals surface area contributed by atoms with Crippen molar-refractivity contribution in [2.75, 3.05) is 17.1 Å². The molecular formula is C29H34ClN3O4S. The second kappa shape index (κ2) is 12.9. The van der Waals surface area contributed by atoms with Crippen LogP contribution in [0.5, 0.6) is 0 Å². The molecule has 0 saturated heterocycles. The maximum absolute atomic E-state index is 14.0. The average molecular weight is 556 g/mol. The number of sulfonamides is 1. The van der Waals surface area contributed by atoms with Gasteiger partial charge in [0.25, 0.3) is 0 Å². The summed E-state index contributed by atoms with van der Waals surface area (Å²) in [5, 5.41) is 3.43. The van der Waals surface area contributed by atoms with Gasteiger partial charge in [0.1, 0.15) is 12.6 Å². The zero-order valence-corrected chi connectivity index (χ0v) is 23.7. The molecule has 0 aliphatic rings. The van der Waals surface area contributed by atoms with Crippen molar-refractivity contribution in [2.24, 2.45) is 0 Å². The Kier molecular flexibility index (Phi) is 9.94. The van der Waals surface area contributed by atoms with Crippen LogP contribution >= 0.6 is 11.6 Å². The number of benzene rings is 3. The second-order valence-electron chi connectivity index (χ2n) is 9.63. The number of carbonyl (C=O) groups is 2. The number of carbonyl (C=O) groups excluding carboxylic acids is 2. The molecule has 0 unspecified atom stereocenters. The molecule has 1 atom stereocenters. The van der Waals surface area contributed by atoms with E-state index in [1.807, 2.05) is 63.2 Å². The van der Waals surface area contributed by atoms with Gasteiger partial charge in [-0.05, 0) is 61.7 Å². The molecular weight excluding hydrogens is 522 g/mol. The number of hydrogen-bond acceptors (Lipinski definition) is 4. The Balaban J connectivity index is 2.06. The number of nitrogens with zero attached hydrogens (tertiary/aromatic N) is 2. The van der Waals surface area contributed by atoms with Crippen LogP contribution in [0, 0.1) is 6.92 Å². The third-order valence-electron chi connectivity index (χ3n) is 5.91. The molecule has 7 nitrogen and oxygen atoms in total.